The summed E-state index contributed by atoms with van der Waals surface area (Å²) in [6, 6.07) is 12.1. The predicted octanol–water partition coefficient (Wildman–Crippen LogP) is 3.49. The SMILES string of the molecule is CN1CCN(C(=O)c2ccc(-c3nc4ccc(F)cc4s3)cc2)CC1. The van der Waals surface area contributed by atoms with E-state index in [4.69, 9.17) is 0 Å². The van der Waals surface area contributed by atoms with E-state index in [9.17, 15) is 9.18 Å². The molecule has 1 amide bonds. The van der Waals surface area contributed by atoms with Gasteiger partial charge in [0.2, 0.25) is 0 Å². The Bertz CT molecular complexity index is 914. The molecule has 2 heterocycles. The molecule has 4 rings (SSSR count). The molecule has 3 aromatic rings. The van der Waals surface area contributed by atoms with Crippen LogP contribution in [0.3, 0.4) is 0 Å². The van der Waals surface area contributed by atoms with Crippen LogP contribution in [0.5, 0.6) is 0 Å². The van der Waals surface area contributed by atoms with Crippen LogP contribution in [0.1, 0.15) is 10.4 Å². The number of carbonyl (C=O) groups excluding carboxylic acids is 1. The van der Waals surface area contributed by atoms with Crippen molar-refractivity contribution < 1.29 is 9.18 Å². The van der Waals surface area contributed by atoms with Crippen molar-refractivity contribution in [3.05, 3.63) is 53.8 Å². The average Bonchev–Trinajstić information content (AvgIpc) is 3.05. The number of amides is 1. The van der Waals surface area contributed by atoms with Gasteiger partial charge in [-0.1, -0.05) is 12.1 Å². The van der Waals surface area contributed by atoms with Crippen LogP contribution in [0.25, 0.3) is 20.8 Å². The molecular formula is C19H18FN3OS. The summed E-state index contributed by atoms with van der Waals surface area (Å²) in [5, 5.41) is 0.833. The molecule has 0 bridgehead atoms. The van der Waals surface area contributed by atoms with Gasteiger partial charge >= 0.3 is 0 Å². The molecule has 0 unspecified atom stereocenters. The Morgan fingerprint density at radius 2 is 1.80 bits per heavy atom. The van der Waals surface area contributed by atoms with Crippen LogP contribution < -0.4 is 0 Å². The first-order chi connectivity index (χ1) is 12.1. The number of hydrogen-bond acceptors (Lipinski definition) is 4. The average molecular weight is 355 g/mol. The van der Waals surface area contributed by atoms with Crippen molar-refractivity contribution in [3.8, 4) is 10.6 Å². The maximum absolute atomic E-state index is 13.3. The highest BCUT2D eigenvalue weighted by Crippen LogP contribution is 2.30. The maximum atomic E-state index is 13.3. The number of benzene rings is 2. The molecule has 2 aromatic carbocycles. The van der Waals surface area contributed by atoms with E-state index in [1.807, 2.05) is 29.2 Å². The van der Waals surface area contributed by atoms with E-state index in [2.05, 4.69) is 16.9 Å². The topological polar surface area (TPSA) is 36.4 Å². The number of aromatic nitrogens is 1. The van der Waals surface area contributed by atoms with Crippen LogP contribution in [0.15, 0.2) is 42.5 Å². The predicted molar refractivity (Wildman–Crippen MR) is 98.4 cm³/mol. The van der Waals surface area contributed by atoms with E-state index >= 15 is 0 Å². The van der Waals surface area contributed by atoms with Gasteiger partial charge in [0, 0.05) is 37.3 Å². The van der Waals surface area contributed by atoms with Gasteiger partial charge in [-0.15, -0.1) is 11.3 Å². The van der Waals surface area contributed by atoms with E-state index in [1.54, 1.807) is 6.07 Å². The van der Waals surface area contributed by atoms with Gasteiger partial charge in [-0.3, -0.25) is 4.79 Å². The molecule has 0 aliphatic carbocycles. The molecule has 0 spiro atoms. The number of nitrogens with zero attached hydrogens (tertiary/aromatic N) is 3. The molecule has 0 N–H and O–H groups in total. The lowest BCUT2D eigenvalue weighted by Crippen LogP contribution is -2.47. The molecule has 1 aliphatic heterocycles. The molecule has 0 radical (unpaired) electrons. The molecule has 1 aromatic heterocycles. The Balaban J connectivity index is 1.55. The lowest BCUT2D eigenvalue weighted by molar-refractivity contribution is 0.0664. The molecule has 1 aliphatic rings. The van der Waals surface area contributed by atoms with E-state index in [-0.39, 0.29) is 11.7 Å². The van der Waals surface area contributed by atoms with Crippen LogP contribution in [0.2, 0.25) is 0 Å². The molecule has 4 nitrogen and oxygen atoms in total. The number of hydrogen-bond donors (Lipinski definition) is 0. The molecule has 0 atom stereocenters. The van der Waals surface area contributed by atoms with Gasteiger partial charge in [0.15, 0.2) is 0 Å². The first-order valence-corrected chi connectivity index (χ1v) is 9.06. The van der Waals surface area contributed by atoms with E-state index < -0.39 is 0 Å². The minimum atomic E-state index is -0.254. The number of rotatable bonds is 2. The molecule has 128 valence electrons. The summed E-state index contributed by atoms with van der Waals surface area (Å²) in [4.78, 5) is 21.3. The highest BCUT2D eigenvalue weighted by Gasteiger charge is 2.20. The van der Waals surface area contributed by atoms with Crippen LogP contribution in [-0.2, 0) is 0 Å². The van der Waals surface area contributed by atoms with Gasteiger partial charge in [-0.05, 0) is 37.4 Å². The highest BCUT2D eigenvalue weighted by molar-refractivity contribution is 7.21. The quantitative estimate of drug-likeness (QED) is 0.706. The van der Waals surface area contributed by atoms with Crippen molar-refractivity contribution in [1.29, 1.82) is 0 Å². The van der Waals surface area contributed by atoms with Crippen LogP contribution >= 0.6 is 11.3 Å². The third-order valence-electron chi connectivity index (χ3n) is 4.52. The number of halogens is 1. The largest absolute Gasteiger partial charge is 0.336 e. The number of carbonyl (C=O) groups is 1. The van der Waals surface area contributed by atoms with Crippen molar-refractivity contribution in [1.82, 2.24) is 14.8 Å². The zero-order chi connectivity index (χ0) is 17.4. The maximum Gasteiger partial charge on any atom is 0.253 e. The Hall–Kier alpha value is -2.31. The van der Waals surface area contributed by atoms with Gasteiger partial charge in [0.1, 0.15) is 10.8 Å². The number of likely N-dealkylation sites (N-methyl/N-ethyl adjacent to an activating group) is 1. The van der Waals surface area contributed by atoms with Crippen molar-refractivity contribution in [2.24, 2.45) is 0 Å². The Morgan fingerprint density at radius 3 is 2.52 bits per heavy atom. The smallest absolute Gasteiger partial charge is 0.253 e. The third-order valence-corrected chi connectivity index (χ3v) is 5.59. The molecule has 6 heteroatoms. The van der Waals surface area contributed by atoms with Crippen molar-refractivity contribution in [2.45, 2.75) is 0 Å². The Morgan fingerprint density at radius 1 is 1.08 bits per heavy atom. The van der Waals surface area contributed by atoms with Crippen LogP contribution in [0.4, 0.5) is 4.39 Å². The van der Waals surface area contributed by atoms with Crippen LogP contribution in [0, 0.1) is 5.82 Å². The van der Waals surface area contributed by atoms with E-state index in [0.29, 0.717) is 5.56 Å². The standard InChI is InChI=1S/C19H18FN3OS/c1-22-8-10-23(11-9-22)19(24)14-4-2-13(3-5-14)18-21-16-7-6-15(20)12-17(16)25-18/h2-7,12H,8-11H2,1H3. The number of piperazine rings is 1. The fourth-order valence-electron chi connectivity index (χ4n) is 2.97. The lowest BCUT2D eigenvalue weighted by atomic mass is 10.1. The molecular weight excluding hydrogens is 337 g/mol. The number of fused-ring (bicyclic) bond motifs is 1. The van der Waals surface area contributed by atoms with Crippen molar-refractivity contribution in [2.75, 3.05) is 33.2 Å². The van der Waals surface area contributed by atoms with Gasteiger partial charge < -0.3 is 9.80 Å². The summed E-state index contributed by atoms with van der Waals surface area (Å²) < 4.78 is 14.2. The minimum absolute atomic E-state index is 0.0750. The Kier molecular flexibility index (Phi) is 4.23. The molecule has 1 fully saturated rings. The van der Waals surface area contributed by atoms with Gasteiger partial charge in [0.25, 0.3) is 5.91 Å². The molecule has 1 saturated heterocycles. The minimum Gasteiger partial charge on any atom is -0.336 e. The van der Waals surface area contributed by atoms with E-state index in [1.165, 1.54) is 23.5 Å². The third kappa shape index (κ3) is 3.27. The first-order valence-electron chi connectivity index (χ1n) is 8.24. The summed E-state index contributed by atoms with van der Waals surface area (Å²) in [5.41, 5.74) is 2.43. The number of thiazole rings is 1. The second-order valence-corrected chi connectivity index (χ2v) is 7.33. The lowest BCUT2D eigenvalue weighted by Gasteiger charge is -2.32. The zero-order valence-corrected chi connectivity index (χ0v) is 14.7. The monoisotopic (exact) mass is 355 g/mol. The highest BCUT2D eigenvalue weighted by atomic mass is 32.1. The Labute approximate surface area is 149 Å². The first kappa shape index (κ1) is 16.2. The molecule has 25 heavy (non-hydrogen) atoms. The van der Waals surface area contributed by atoms with Crippen molar-refractivity contribution in [3.63, 3.8) is 0 Å². The summed E-state index contributed by atoms with van der Waals surface area (Å²) in [5.74, 6) is -0.179. The van der Waals surface area contributed by atoms with Crippen LogP contribution in [-0.4, -0.2) is 53.9 Å². The van der Waals surface area contributed by atoms with Gasteiger partial charge in [-0.2, -0.15) is 0 Å². The summed E-state index contributed by atoms with van der Waals surface area (Å²) >= 11 is 1.46. The van der Waals surface area contributed by atoms with Gasteiger partial charge in [-0.25, -0.2) is 9.37 Å². The second-order valence-electron chi connectivity index (χ2n) is 6.30. The molecule has 0 saturated carbocycles. The van der Waals surface area contributed by atoms with Gasteiger partial charge in [0.05, 0.1) is 10.2 Å². The fraction of sp³-hybridized carbons (Fsp3) is 0.263. The van der Waals surface area contributed by atoms with E-state index in [0.717, 1.165) is 47.0 Å². The normalized spacial score (nSPS) is 15.7. The van der Waals surface area contributed by atoms with Crippen molar-refractivity contribution >= 4 is 27.5 Å². The summed E-state index contributed by atoms with van der Waals surface area (Å²) in [6.45, 7) is 3.35. The zero-order valence-electron chi connectivity index (χ0n) is 13.9. The summed E-state index contributed by atoms with van der Waals surface area (Å²) in [6.07, 6.45) is 0. The second kappa shape index (κ2) is 6.54. The fourth-order valence-corrected chi connectivity index (χ4v) is 3.97. The summed E-state index contributed by atoms with van der Waals surface area (Å²) in [7, 11) is 2.07.